The first-order chi connectivity index (χ1) is 8.83. The second kappa shape index (κ2) is 6.83. The number of para-hydroxylation sites is 2. The van der Waals surface area contributed by atoms with E-state index < -0.39 is 0 Å². The summed E-state index contributed by atoms with van der Waals surface area (Å²) in [6, 6.07) is 7.95. The van der Waals surface area contributed by atoms with Crippen LogP contribution in [0.15, 0.2) is 33.9 Å². The molecule has 1 aromatic carbocycles. The summed E-state index contributed by atoms with van der Waals surface area (Å²) in [6.07, 6.45) is 5.17. The van der Waals surface area contributed by atoms with Crippen LogP contribution in [-0.4, -0.2) is 10.7 Å². The molecule has 1 aromatic heterocycles. The molecule has 2 nitrogen and oxygen atoms in total. The van der Waals surface area contributed by atoms with Gasteiger partial charge < -0.3 is 4.42 Å². The zero-order chi connectivity index (χ0) is 12.8. The Labute approximate surface area is 113 Å². The summed E-state index contributed by atoms with van der Waals surface area (Å²) in [6.45, 7) is 4.52. The van der Waals surface area contributed by atoms with Gasteiger partial charge in [-0.1, -0.05) is 57.0 Å². The van der Waals surface area contributed by atoms with Crippen molar-refractivity contribution in [2.75, 3.05) is 5.75 Å². The van der Waals surface area contributed by atoms with Gasteiger partial charge in [-0.25, -0.2) is 4.98 Å². The largest absolute Gasteiger partial charge is 0.431 e. The Morgan fingerprint density at radius 2 is 2.11 bits per heavy atom. The van der Waals surface area contributed by atoms with Crippen molar-refractivity contribution in [3.05, 3.63) is 24.3 Å². The van der Waals surface area contributed by atoms with E-state index in [1.54, 1.807) is 11.8 Å². The van der Waals surface area contributed by atoms with Gasteiger partial charge in [0.05, 0.1) is 0 Å². The van der Waals surface area contributed by atoms with Gasteiger partial charge in [0.1, 0.15) is 5.52 Å². The number of aromatic nitrogens is 1. The minimum Gasteiger partial charge on any atom is -0.431 e. The number of thioether (sulfide) groups is 1. The SMILES string of the molecule is CCCCC(CC)CSc1nc2ccccc2o1. The summed E-state index contributed by atoms with van der Waals surface area (Å²) in [7, 11) is 0. The van der Waals surface area contributed by atoms with Gasteiger partial charge in [0.25, 0.3) is 5.22 Å². The van der Waals surface area contributed by atoms with Crippen LogP contribution in [0.1, 0.15) is 39.5 Å². The number of benzene rings is 1. The highest BCUT2D eigenvalue weighted by atomic mass is 32.2. The Bertz CT molecular complexity index is 447. The second-order valence-electron chi connectivity index (χ2n) is 4.68. The first kappa shape index (κ1) is 13.5. The number of rotatable bonds is 7. The van der Waals surface area contributed by atoms with E-state index in [9.17, 15) is 0 Å². The van der Waals surface area contributed by atoms with E-state index in [0.29, 0.717) is 0 Å². The fourth-order valence-corrected chi connectivity index (χ4v) is 3.09. The van der Waals surface area contributed by atoms with Gasteiger partial charge in [0.2, 0.25) is 0 Å². The fraction of sp³-hybridized carbons (Fsp3) is 0.533. The Morgan fingerprint density at radius 3 is 2.83 bits per heavy atom. The van der Waals surface area contributed by atoms with Gasteiger partial charge in [-0.15, -0.1) is 0 Å². The van der Waals surface area contributed by atoms with E-state index in [1.165, 1.54) is 25.7 Å². The summed E-state index contributed by atoms with van der Waals surface area (Å²) in [5, 5.41) is 0.811. The third kappa shape index (κ3) is 3.52. The fourth-order valence-electron chi connectivity index (χ4n) is 2.00. The first-order valence-electron chi connectivity index (χ1n) is 6.81. The second-order valence-corrected chi connectivity index (χ2v) is 5.65. The van der Waals surface area contributed by atoms with E-state index in [4.69, 9.17) is 4.42 Å². The van der Waals surface area contributed by atoms with Crippen molar-refractivity contribution in [1.82, 2.24) is 4.98 Å². The van der Waals surface area contributed by atoms with Gasteiger partial charge in [-0.3, -0.25) is 0 Å². The smallest absolute Gasteiger partial charge is 0.256 e. The topological polar surface area (TPSA) is 26.0 Å². The van der Waals surface area contributed by atoms with Gasteiger partial charge in [0.15, 0.2) is 5.58 Å². The van der Waals surface area contributed by atoms with Crippen molar-refractivity contribution < 1.29 is 4.42 Å². The quantitative estimate of drug-likeness (QED) is 0.647. The molecule has 2 rings (SSSR count). The number of nitrogens with zero attached hydrogens (tertiary/aromatic N) is 1. The number of unbranched alkanes of at least 4 members (excludes halogenated alkanes) is 1. The van der Waals surface area contributed by atoms with Crippen molar-refractivity contribution in [3.8, 4) is 0 Å². The van der Waals surface area contributed by atoms with Gasteiger partial charge >= 0.3 is 0 Å². The molecule has 0 spiro atoms. The lowest BCUT2D eigenvalue weighted by Crippen LogP contribution is -2.01. The molecular formula is C15H21NOS. The molecule has 0 amide bonds. The Kier molecular flexibility index (Phi) is 5.12. The van der Waals surface area contributed by atoms with E-state index in [1.807, 2.05) is 24.3 Å². The third-order valence-corrected chi connectivity index (χ3v) is 4.32. The van der Waals surface area contributed by atoms with Crippen LogP contribution < -0.4 is 0 Å². The van der Waals surface area contributed by atoms with Crippen molar-refractivity contribution in [2.45, 2.75) is 44.8 Å². The van der Waals surface area contributed by atoms with Gasteiger partial charge in [-0.2, -0.15) is 0 Å². The minimum atomic E-state index is 0.782. The molecular weight excluding hydrogens is 242 g/mol. The van der Waals surface area contributed by atoms with Crippen LogP contribution in [0.3, 0.4) is 0 Å². The molecule has 98 valence electrons. The van der Waals surface area contributed by atoms with Crippen LogP contribution in [0.25, 0.3) is 11.1 Å². The summed E-state index contributed by atoms with van der Waals surface area (Å²) in [4.78, 5) is 4.50. The van der Waals surface area contributed by atoms with Crippen LogP contribution in [0.4, 0.5) is 0 Å². The molecule has 0 bridgehead atoms. The first-order valence-corrected chi connectivity index (χ1v) is 7.80. The highest BCUT2D eigenvalue weighted by molar-refractivity contribution is 7.99. The molecule has 0 aliphatic heterocycles. The molecule has 18 heavy (non-hydrogen) atoms. The Balaban J connectivity index is 1.92. The molecule has 0 saturated carbocycles. The molecule has 1 heterocycles. The number of hydrogen-bond donors (Lipinski definition) is 0. The standard InChI is InChI=1S/C15H21NOS/c1-3-5-8-12(4-2)11-18-15-16-13-9-6-7-10-14(13)17-15/h6-7,9-10,12H,3-5,8,11H2,1-2H3. The lowest BCUT2D eigenvalue weighted by atomic mass is 10.0. The molecule has 1 unspecified atom stereocenters. The maximum absolute atomic E-state index is 5.72. The minimum absolute atomic E-state index is 0.782. The van der Waals surface area contributed by atoms with E-state index in [0.717, 1.165) is 28.0 Å². The zero-order valence-corrected chi connectivity index (χ0v) is 12.0. The summed E-state index contributed by atoms with van der Waals surface area (Å²) < 4.78 is 5.72. The maximum atomic E-state index is 5.72. The average molecular weight is 263 g/mol. The molecule has 0 radical (unpaired) electrons. The van der Waals surface area contributed by atoms with Crippen molar-refractivity contribution in [3.63, 3.8) is 0 Å². The molecule has 0 aliphatic rings. The Hall–Kier alpha value is -0.960. The average Bonchev–Trinajstić information content (AvgIpc) is 2.81. The zero-order valence-electron chi connectivity index (χ0n) is 11.2. The molecule has 2 aromatic rings. The van der Waals surface area contributed by atoms with Gasteiger partial charge in [0, 0.05) is 5.75 Å². The van der Waals surface area contributed by atoms with Gasteiger partial charge in [-0.05, 0) is 24.5 Å². The summed E-state index contributed by atoms with van der Waals surface area (Å²) >= 11 is 1.75. The highest BCUT2D eigenvalue weighted by Crippen LogP contribution is 2.27. The summed E-state index contributed by atoms with van der Waals surface area (Å²) in [5.74, 6) is 1.90. The van der Waals surface area contributed by atoms with E-state index in [-0.39, 0.29) is 0 Å². The van der Waals surface area contributed by atoms with Crippen LogP contribution in [0, 0.1) is 5.92 Å². The van der Waals surface area contributed by atoms with E-state index >= 15 is 0 Å². The van der Waals surface area contributed by atoms with Crippen molar-refractivity contribution in [2.24, 2.45) is 5.92 Å². The highest BCUT2D eigenvalue weighted by Gasteiger charge is 2.10. The van der Waals surface area contributed by atoms with Crippen molar-refractivity contribution in [1.29, 1.82) is 0 Å². The molecule has 3 heteroatoms. The summed E-state index contributed by atoms with van der Waals surface area (Å²) in [5.41, 5.74) is 1.85. The van der Waals surface area contributed by atoms with E-state index in [2.05, 4.69) is 18.8 Å². The molecule has 0 fully saturated rings. The van der Waals surface area contributed by atoms with Crippen LogP contribution in [0.5, 0.6) is 0 Å². The Morgan fingerprint density at radius 1 is 1.28 bits per heavy atom. The number of fused-ring (bicyclic) bond motifs is 1. The normalized spacial score (nSPS) is 13.0. The molecule has 1 atom stereocenters. The van der Waals surface area contributed by atoms with Crippen LogP contribution in [-0.2, 0) is 0 Å². The lowest BCUT2D eigenvalue weighted by molar-refractivity contribution is 0.478. The predicted octanol–water partition coefficient (Wildman–Crippen LogP) is 5.14. The lowest BCUT2D eigenvalue weighted by Gasteiger charge is -2.11. The van der Waals surface area contributed by atoms with Crippen LogP contribution >= 0.6 is 11.8 Å². The molecule has 0 saturated heterocycles. The third-order valence-electron chi connectivity index (χ3n) is 3.26. The molecule has 0 N–H and O–H groups in total. The van der Waals surface area contributed by atoms with Crippen LogP contribution in [0.2, 0.25) is 0 Å². The number of oxazole rings is 1. The monoisotopic (exact) mass is 263 g/mol. The molecule has 0 aliphatic carbocycles. The van der Waals surface area contributed by atoms with Crippen molar-refractivity contribution >= 4 is 22.9 Å². The maximum Gasteiger partial charge on any atom is 0.256 e. The predicted molar refractivity (Wildman–Crippen MR) is 78.0 cm³/mol. The number of hydrogen-bond acceptors (Lipinski definition) is 3.